The predicted octanol–water partition coefficient (Wildman–Crippen LogP) is 2.01. The van der Waals surface area contributed by atoms with Gasteiger partial charge in [0.25, 0.3) is 5.91 Å². The Morgan fingerprint density at radius 2 is 2.10 bits per heavy atom. The van der Waals surface area contributed by atoms with E-state index in [2.05, 4.69) is 10.5 Å². The van der Waals surface area contributed by atoms with Crippen LogP contribution in [0.1, 0.15) is 40.4 Å². The topological polar surface area (TPSA) is 75.4 Å². The molecule has 2 aromatic rings. The van der Waals surface area contributed by atoms with Crippen molar-refractivity contribution in [3.63, 3.8) is 0 Å². The molecule has 6 heteroatoms. The largest absolute Gasteiger partial charge is 0.388 e. The second kappa shape index (κ2) is 6.49. The van der Waals surface area contributed by atoms with E-state index in [1.54, 1.807) is 0 Å². The molecule has 0 bridgehead atoms. The second-order valence-corrected chi connectivity index (χ2v) is 4.63. The van der Waals surface area contributed by atoms with Crippen LogP contribution in [-0.4, -0.2) is 23.2 Å². The van der Waals surface area contributed by atoms with Gasteiger partial charge in [-0.25, -0.2) is 4.39 Å². The van der Waals surface area contributed by atoms with Crippen LogP contribution < -0.4 is 5.32 Å². The van der Waals surface area contributed by atoms with Gasteiger partial charge in [0, 0.05) is 13.5 Å². The monoisotopic (exact) mass is 292 g/mol. The minimum atomic E-state index is -0.897. The molecule has 21 heavy (non-hydrogen) atoms. The van der Waals surface area contributed by atoms with Crippen LogP contribution >= 0.6 is 0 Å². The van der Waals surface area contributed by atoms with Gasteiger partial charge in [-0.05, 0) is 24.1 Å². The van der Waals surface area contributed by atoms with Crippen LogP contribution in [0.3, 0.4) is 0 Å². The number of nitrogens with one attached hydrogen (secondary N) is 1. The van der Waals surface area contributed by atoms with Crippen molar-refractivity contribution < 1.29 is 18.8 Å². The lowest BCUT2D eigenvalue weighted by molar-refractivity contribution is 0.0958. The molecule has 1 aromatic heterocycles. The molecule has 0 aliphatic heterocycles. The third-order valence-corrected chi connectivity index (χ3v) is 3.26. The van der Waals surface area contributed by atoms with Crippen molar-refractivity contribution in [1.82, 2.24) is 10.5 Å². The van der Waals surface area contributed by atoms with Gasteiger partial charge in [0.1, 0.15) is 11.4 Å². The fraction of sp³-hybridized carbons (Fsp3) is 0.333. The third kappa shape index (κ3) is 3.28. The molecule has 0 saturated heterocycles. The smallest absolute Gasteiger partial charge is 0.256 e. The van der Waals surface area contributed by atoms with Crippen molar-refractivity contribution in [2.75, 3.05) is 7.05 Å². The molecule has 1 amide bonds. The van der Waals surface area contributed by atoms with Crippen molar-refractivity contribution in [3.05, 3.63) is 52.7 Å². The van der Waals surface area contributed by atoms with Gasteiger partial charge in [-0.1, -0.05) is 24.2 Å². The Hall–Kier alpha value is -2.21. The van der Waals surface area contributed by atoms with Crippen LogP contribution in [0.4, 0.5) is 4.39 Å². The number of nitrogens with zero attached hydrogens (tertiary/aromatic N) is 1. The molecule has 0 fully saturated rings. The molecule has 112 valence electrons. The van der Waals surface area contributed by atoms with E-state index >= 15 is 0 Å². The number of amides is 1. The minimum absolute atomic E-state index is 0.0986. The zero-order chi connectivity index (χ0) is 15.4. The van der Waals surface area contributed by atoms with Gasteiger partial charge >= 0.3 is 0 Å². The summed E-state index contributed by atoms with van der Waals surface area (Å²) in [6.07, 6.45) is -0.244. The fourth-order valence-electron chi connectivity index (χ4n) is 2.10. The standard InChI is InChI=1S/C15H17FN2O3/c1-3-11-14(15(20)17-2)13(21-18-11)8-12(19)9-4-6-10(16)7-5-9/h4-7,12,19H,3,8H2,1-2H3,(H,17,20). The highest BCUT2D eigenvalue weighted by molar-refractivity contribution is 5.96. The van der Waals surface area contributed by atoms with Gasteiger partial charge in [-0.3, -0.25) is 4.79 Å². The molecule has 0 spiro atoms. The molecule has 0 aliphatic carbocycles. The number of benzene rings is 1. The first-order valence-corrected chi connectivity index (χ1v) is 6.69. The molecule has 0 radical (unpaired) electrons. The van der Waals surface area contributed by atoms with E-state index in [4.69, 9.17) is 4.52 Å². The number of aromatic nitrogens is 1. The van der Waals surface area contributed by atoms with E-state index in [9.17, 15) is 14.3 Å². The summed E-state index contributed by atoms with van der Waals surface area (Å²) >= 11 is 0. The van der Waals surface area contributed by atoms with Gasteiger partial charge in [-0.15, -0.1) is 0 Å². The van der Waals surface area contributed by atoms with E-state index in [1.165, 1.54) is 31.3 Å². The Morgan fingerprint density at radius 1 is 1.43 bits per heavy atom. The maximum atomic E-state index is 12.9. The average molecular weight is 292 g/mol. The summed E-state index contributed by atoms with van der Waals surface area (Å²) in [5, 5.41) is 16.6. The number of rotatable bonds is 5. The van der Waals surface area contributed by atoms with Gasteiger partial charge < -0.3 is 14.9 Å². The Labute approximate surface area is 121 Å². The molecular formula is C15H17FN2O3. The lowest BCUT2D eigenvalue weighted by Crippen LogP contribution is -2.20. The molecule has 2 N–H and O–H groups in total. The van der Waals surface area contributed by atoms with Gasteiger partial charge in [0.05, 0.1) is 11.8 Å². The van der Waals surface area contributed by atoms with E-state index in [0.29, 0.717) is 29.0 Å². The molecule has 1 atom stereocenters. The number of aliphatic hydroxyl groups excluding tert-OH is 1. The summed E-state index contributed by atoms with van der Waals surface area (Å²) in [4.78, 5) is 11.9. The highest BCUT2D eigenvalue weighted by atomic mass is 19.1. The number of hydrogen-bond donors (Lipinski definition) is 2. The zero-order valence-electron chi connectivity index (χ0n) is 11.9. The first-order chi connectivity index (χ1) is 10.1. The fourth-order valence-corrected chi connectivity index (χ4v) is 2.10. The maximum Gasteiger partial charge on any atom is 0.256 e. The summed E-state index contributed by atoms with van der Waals surface area (Å²) in [6, 6.07) is 5.54. The van der Waals surface area contributed by atoms with Crippen molar-refractivity contribution >= 4 is 5.91 Å². The quantitative estimate of drug-likeness (QED) is 0.884. The predicted molar refractivity (Wildman–Crippen MR) is 74.3 cm³/mol. The Morgan fingerprint density at radius 3 is 2.67 bits per heavy atom. The van der Waals surface area contributed by atoms with Crippen molar-refractivity contribution in [1.29, 1.82) is 0 Å². The van der Waals surface area contributed by atoms with E-state index in [0.717, 1.165) is 0 Å². The Bertz CT molecular complexity index is 622. The van der Waals surface area contributed by atoms with Crippen LogP contribution in [0.2, 0.25) is 0 Å². The summed E-state index contributed by atoms with van der Waals surface area (Å²) in [6.45, 7) is 1.87. The highest BCUT2D eigenvalue weighted by Crippen LogP contribution is 2.23. The molecule has 1 heterocycles. The van der Waals surface area contributed by atoms with Gasteiger partial charge in [0.2, 0.25) is 0 Å². The summed E-state index contributed by atoms with van der Waals surface area (Å²) < 4.78 is 18.1. The lowest BCUT2D eigenvalue weighted by atomic mass is 10.0. The van der Waals surface area contributed by atoms with E-state index < -0.39 is 6.10 Å². The van der Waals surface area contributed by atoms with Crippen molar-refractivity contribution in [2.45, 2.75) is 25.9 Å². The number of hydrogen-bond acceptors (Lipinski definition) is 4. The third-order valence-electron chi connectivity index (χ3n) is 3.26. The summed E-state index contributed by atoms with van der Waals surface area (Å²) in [5.74, 6) is -0.345. The minimum Gasteiger partial charge on any atom is -0.388 e. The van der Waals surface area contributed by atoms with Gasteiger partial charge in [-0.2, -0.15) is 0 Å². The number of carbonyl (C=O) groups excluding carboxylic acids is 1. The maximum absolute atomic E-state index is 12.9. The molecule has 0 aliphatic rings. The number of aryl methyl sites for hydroxylation is 1. The first kappa shape index (κ1) is 15.2. The number of halogens is 1. The molecule has 1 aromatic carbocycles. The summed E-state index contributed by atoms with van der Waals surface area (Å²) in [7, 11) is 1.52. The van der Waals surface area contributed by atoms with Crippen molar-refractivity contribution in [2.24, 2.45) is 0 Å². The normalized spacial score (nSPS) is 12.2. The molecule has 0 saturated carbocycles. The second-order valence-electron chi connectivity index (χ2n) is 4.63. The SMILES string of the molecule is CCc1noc(CC(O)c2ccc(F)cc2)c1C(=O)NC. The van der Waals surface area contributed by atoms with Crippen LogP contribution in [0.25, 0.3) is 0 Å². The zero-order valence-corrected chi connectivity index (χ0v) is 11.9. The van der Waals surface area contributed by atoms with E-state index in [-0.39, 0.29) is 18.1 Å². The van der Waals surface area contributed by atoms with Crippen LogP contribution in [0, 0.1) is 5.82 Å². The highest BCUT2D eigenvalue weighted by Gasteiger charge is 2.23. The Balaban J connectivity index is 2.24. The van der Waals surface area contributed by atoms with E-state index in [1.807, 2.05) is 6.92 Å². The van der Waals surface area contributed by atoms with Crippen LogP contribution in [0.15, 0.2) is 28.8 Å². The average Bonchev–Trinajstić information content (AvgIpc) is 2.89. The molecular weight excluding hydrogens is 275 g/mol. The molecule has 2 rings (SSSR count). The lowest BCUT2D eigenvalue weighted by Gasteiger charge is -2.10. The number of aliphatic hydroxyl groups is 1. The van der Waals surface area contributed by atoms with Crippen LogP contribution in [0.5, 0.6) is 0 Å². The first-order valence-electron chi connectivity index (χ1n) is 6.69. The van der Waals surface area contributed by atoms with Gasteiger partial charge in [0.15, 0.2) is 5.76 Å². The summed E-state index contributed by atoms with van der Waals surface area (Å²) in [5.41, 5.74) is 1.46. The Kier molecular flexibility index (Phi) is 4.70. The molecule has 5 nitrogen and oxygen atoms in total. The number of carbonyl (C=O) groups is 1. The van der Waals surface area contributed by atoms with Crippen molar-refractivity contribution in [3.8, 4) is 0 Å². The van der Waals surface area contributed by atoms with Crippen LogP contribution in [-0.2, 0) is 12.8 Å². The molecule has 1 unspecified atom stereocenters.